The number of rotatable bonds is 8. The molecule has 1 saturated carbocycles. The first-order valence-corrected chi connectivity index (χ1v) is 13.7. The van der Waals surface area contributed by atoms with E-state index in [0.29, 0.717) is 31.4 Å². The molecule has 4 rings (SSSR count). The van der Waals surface area contributed by atoms with Gasteiger partial charge in [0.25, 0.3) is 15.9 Å². The first kappa shape index (κ1) is 25.1. The van der Waals surface area contributed by atoms with Crippen LogP contribution in [0.5, 0.6) is 11.6 Å². The number of sulfonamides is 1. The average Bonchev–Trinajstić information content (AvgIpc) is 3.29. The van der Waals surface area contributed by atoms with Crippen LogP contribution in [0.4, 0.5) is 4.39 Å². The number of benzene rings is 1. The Morgan fingerprint density at radius 3 is 2.60 bits per heavy atom. The quantitative estimate of drug-likeness (QED) is 0.438. The molecule has 0 saturated heterocycles. The van der Waals surface area contributed by atoms with Crippen molar-refractivity contribution in [2.45, 2.75) is 47.7 Å². The molecule has 3 aromatic rings. The Balaban J connectivity index is 1.37. The summed E-state index contributed by atoms with van der Waals surface area (Å²) in [4.78, 5) is 21.8. The Bertz CT molecular complexity index is 1310. The number of aryl methyl sites for hydroxylation is 1. The van der Waals surface area contributed by atoms with Crippen molar-refractivity contribution >= 4 is 27.7 Å². The Hall–Kier alpha value is -2.96. The molecule has 0 spiro atoms. The van der Waals surface area contributed by atoms with E-state index in [9.17, 15) is 17.6 Å². The van der Waals surface area contributed by atoms with E-state index in [0.717, 1.165) is 17.2 Å². The third kappa shape index (κ3) is 6.38. The van der Waals surface area contributed by atoms with Crippen LogP contribution in [0.25, 0.3) is 0 Å². The first-order valence-electron chi connectivity index (χ1n) is 11.0. The van der Waals surface area contributed by atoms with E-state index in [2.05, 4.69) is 20.0 Å². The SMILES string of the molecule is CSc1cccc(Oc2ncc(F)cc2C(=O)NC2CCC(NS(=O)(=O)c3cn(C)cn3)CC2)c1. The molecule has 1 amide bonds. The summed E-state index contributed by atoms with van der Waals surface area (Å²) in [6, 6.07) is 7.95. The number of carbonyl (C=O) groups excluding carboxylic acids is 1. The highest BCUT2D eigenvalue weighted by Crippen LogP contribution is 2.28. The Morgan fingerprint density at radius 2 is 1.91 bits per heavy atom. The number of thioether (sulfide) groups is 1. The van der Waals surface area contributed by atoms with Gasteiger partial charge < -0.3 is 14.6 Å². The molecule has 0 unspecified atom stereocenters. The van der Waals surface area contributed by atoms with Crippen molar-refractivity contribution in [2.24, 2.45) is 7.05 Å². The van der Waals surface area contributed by atoms with Gasteiger partial charge in [0.1, 0.15) is 17.1 Å². The lowest BCUT2D eigenvalue weighted by atomic mass is 9.91. The van der Waals surface area contributed by atoms with Crippen LogP contribution in [0.3, 0.4) is 0 Å². The molecule has 2 heterocycles. The molecule has 12 heteroatoms. The van der Waals surface area contributed by atoms with Crippen molar-refractivity contribution in [3.05, 3.63) is 60.4 Å². The van der Waals surface area contributed by atoms with E-state index < -0.39 is 21.7 Å². The zero-order valence-electron chi connectivity index (χ0n) is 19.3. The Labute approximate surface area is 207 Å². The summed E-state index contributed by atoms with van der Waals surface area (Å²) >= 11 is 1.55. The Morgan fingerprint density at radius 1 is 1.17 bits per heavy atom. The second-order valence-corrected chi connectivity index (χ2v) is 10.8. The molecule has 1 aliphatic rings. The lowest BCUT2D eigenvalue weighted by molar-refractivity contribution is 0.0921. The molecule has 0 radical (unpaired) electrons. The normalized spacial score (nSPS) is 18.3. The smallest absolute Gasteiger partial charge is 0.259 e. The maximum Gasteiger partial charge on any atom is 0.259 e. The number of amides is 1. The van der Waals surface area contributed by atoms with E-state index in [1.165, 1.54) is 12.5 Å². The minimum Gasteiger partial charge on any atom is -0.438 e. The number of carbonyl (C=O) groups is 1. The highest BCUT2D eigenvalue weighted by Gasteiger charge is 2.28. The molecule has 1 fully saturated rings. The van der Waals surface area contributed by atoms with Crippen LogP contribution in [0.1, 0.15) is 36.0 Å². The van der Waals surface area contributed by atoms with Gasteiger partial charge in [0.15, 0.2) is 5.03 Å². The summed E-state index contributed by atoms with van der Waals surface area (Å²) in [5, 5.41) is 2.88. The van der Waals surface area contributed by atoms with E-state index in [1.807, 2.05) is 24.5 Å². The summed E-state index contributed by atoms with van der Waals surface area (Å²) in [5.41, 5.74) is -0.00228. The predicted octanol–water partition coefficient (Wildman–Crippen LogP) is 3.49. The third-order valence-electron chi connectivity index (χ3n) is 5.66. The van der Waals surface area contributed by atoms with Crippen molar-refractivity contribution < 1.29 is 22.3 Å². The van der Waals surface area contributed by atoms with Crippen molar-refractivity contribution in [3.8, 4) is 11.6 Å². The van der Waals surface area contributed by atoms with Gasteiger partial charge >= 0.3 is 0 Å². The van der Waals surface area contributed by atoms with Crippen LogP contribution >= 0.6 is 11.8 Å². The fourth-order valence-corrected chi connectivity index (χ4v) is 5.61. The third-order valence-corrected chi connectivity index (χ3v) is 7.79. The highest BCUT2D eigenvalue weighted by atomic mass is 32.2. The summed E-state index contributed by atoms with van der Waals surface area (Å²) < 4.78 is 49.0. The molecular weight excluding hydrogens is 493 g/mol. The summed E-state index contributed by atoms with van der Waals surface area (Å²) in [6.45, 7) is 0. The van der Waals surface area contributed by atoms with Gasteiger partial charge in [-0.25, -0.2) is 27.5 Å². The van der Waals surface area contributed by atoms with Crippen molar-refractivity contribution in [1.82, 2.24) is 24.6 Å². The fourth-order valence-electron chi connectivity index (χ4n) is 3.87. The standard InChI is InChI=1S/C23H26FN5O4S2/c1-29-13-21(26-14-29)35(31,32)28-17-8-6-16(7-9-17)27-22(30)20-10-15(24)12-25-23(20)33-18-4-3-5-19(11-18)34-2/h3-5,10-14,16-17,28H,6-9H2,1-2H3,(H,27,30). The number of pyridine rings is 1. The minimum atomic E-state index is -3.71. The van der Waals surface area contributed by atoms with Crippen LogP contribution in [0.2, 0.25) is 0 Å². The van der Waals surface area contributed by atoms with Crippen LogP contribution in [-0.2, 0) is 17.1 Å². The molecule has 1 aromatic carbocycles. The van der Waals surface area contributed by atoms with Gasteiger partial charge in [0.2, 0.25) is 5.88 Å². The fraction of sp³-hybridized carbons (Fsp3) is 0.348. The molecular formula is C23H26FN5O4S2. The van der Waals surface area contributed by atoms with Gasteiger partial charge in [-0.1, -0.05) is 6.07 Å². The molecule has 0 atom stereocenters. The van der Waals surface area contributed by atoms with Crippen molar-refractivity contribution in [2.75, 3.05) is 6.26 Å². The van der Waals surface area contributed by atoms with E-state index in [-0.39, 0.29) is 28.6 Å². The maximum absolute atomic E-state index is 13.9. The Kier molecular flexibility index (Phi) is 7.72. The van der Waals surface area contributed by atoms with E-state index in [1.54, 1.807) is 29.4 Å². The summed E-state index contributed by atoms with van der Waals surface area (Å²) in [6.07, 6.45) is 8.03. The van der Waals surface area contributed by atoms with Gasteiger partial charge in [-0.05, 0) is 56.2 Å². The monoisotopic (exact) mass is 519 g/mol. The number of hydrogen-bond donors (Lipinski definition) is 2. The lowest BCUT2D eigenvalue weighted by Gasteiger charge is -2.29. The number of ether oxygens (including phenoxy) is 1. The average molecular weight is 520 g/mol. The van der Waals surface area contributed by atoms with Gasteiger partial charge in [-0.2, -0.15) is 0 Å². The zero-order chi connectivity index (χ0) is 25.0. The molecule has 0 bridgehead atoms. The second kappa shape index (κ2) is 10.8. The van der Waals surface area contributed by atoms with E-state index >= 15 is 0 Å². The van der Waals surface area contributed by atoms with Crippen molar-refractivity contribution in [3.63, 3.8) is 0 Å². The lowest BCUT2D eigenvalue weighted by Crippen LogP contribution is -2.43. The second-order valence-electron chi connectivity index (χ2n) is 8.31. The summed E-state index contributed by atoms with van der Waals surface area (Å²) in [7, 11) is -2.00. The van der Waals surface area contributed by atoms with Gasteiger partial charge in [0, 0.05) is 30.2 Å². The molecule has 9 nitrogen and oxygen atoms in total. The maximum atomic E-state index is 13.9. The van der Waals surface area contributed by atoms with Crippen LogP contribution in [0, 0.1) is 5.82 Å². The predicted molar refractivity (Wildman–Crippen MR) is 130 cm³/mol. The number of imidazole rings is 1. The zero-order valence-corrected chi connectivity index (χ0v) is 20.9. The highest BCUT2D eigenvalue weighted by molar-refractivity contribution is 7.98. The largest absolute Gasteiger partial charge is 0.438 e. The van der Waals surface area contributed by atoms with Gasteiger partial charge in [0.05, 0.1) is 12.5 Å². The molecule has 35 heavy (non-hydrogen) atoms. The van der Waals surface area contributed by atoms with Crippen molar-refractivity contribution in [1.29, 1.82) is 0 Å². The van der Waals surface area contributed by atoms with Gasteiger partial charge in [-0.15, -0.1) is 11.8 Å². The summed E-state index contributed by atoms with van der Waals surface area (Å²) in [5.74, 6) is -0.636. The molecule has 2 aromatic heterocycles. The van der Waals surface area contributed by atoms with Crippen LogP contribution in [-0.4, -0.2) is 47.2 Å². The first-order chi connectivity index (χ1) is 16.7. The number of halogens is 1. The van der Waals surface area contributed by atoms with E-state index in [4.69, 9.17) is 4.74 Å². The number of nitrogens with zero attached hydrogens (tertiary/aromatic N) is 3. The van der Waals surface area contributed by atoms with Gasteiger partial charge in [-0.3, -0.25) is 4.79 Å². The molecule has 186 valence electrons. The number of hydrogen-bond acceptors (Lipinski definition) is 7. The van der Waals surface area contributed by atoms with Crippen LogP contribution < -0.4 is 14.8 Å². The number of aromatic nitrogens is 3. The molecule has 1 aliphatic carbocycles. The molecule has 2 N–H and O–H groups in total. The minimum absolute atomic E-state index is 0.00228. The van der Waals surface area contributed by atoms with Crippen LogP contribution in [0.15, 0.2) is 59.0 Å². The molecule has 0 aliphatic heterocycles. The topological polar surface area (TPSA) is 115 Å². The number of nitrogens with one attached hydrogen (secondary N) is 2.